The molecule has 0 saturated carbocycles. The van der Waals surface area contributed by atoms with Gasteiger partial charge in [0.25, 0.3) is 0 Å². The largest absolute Gasteiger partial charge is 0.493 e. The number of methoxy groups -OCH3 is 1. The number of nitrogens with zero attached hydrogens (tertiary/aromatic N) is 6. The van der Waals surface area contributed by atoms with Gasteiger partial charge in [-0.15, -0.1) is 0 Å². The summed E-state index contributed by atoms with van der Waals surface area (Å²) in [6.45, 7) is 3.17. The molecule has 32 heavy (non-hydrogen) atoms. The topological polar surface area (TPSA) is 106 Å². The van der Waals surface area contributed by atoms with Crippen molar-refractivity contribution in [3.05, 3.63) is 77.5 Å². The van der Waals surface area contributed by atoms with E-state index < -0.39 is 0 Å². The molecule has 3 aromatic heterocycles. The van der Waals surface area contributed by atoms with Gasteiger partial charge < -0.3 is 15.2 Å². The molecule has 1 aliphatic heterocycles. The first-order valence-electron chi connectivity index (χ1n) is 10.3. The number of rotatable bonds is 5. The second-order valence-corrected chi connectivity index (χ2v) is 7.52. The van der Waals surface area contributed by atoms with E-state index in [4.69, 9.17) is 20.2 Å². The highest BCUT2D eigenvalue weighted by molar-refractivity contribution is 5.67. The highest BCUT2D eigenvalue weighted by Crippen LogP contribution is 2.29. The molecule has 0 amide bonds. The third kappa shape index (κ3) is 3.85. The van der Waals surface area contributed by atoms with Gasteiger partial charge in [-0.1, -0.05) is 12.1 Å². The monoisotopic (exact) mass is 429 g/mol. The molecule has 9 nitrogen and oxygen atoms in total. The van der Waals surface area contributed by atoms with Gasteiger partial charge in [-0.3, -0.25) is 4.57 Å². The van der Waals surface area contributed by atoms with Crippen molar-refractivity contribution >= 4 is 17.8 Å². The average molecular weight is 429 g/mol. The Labute approximate surface area is 185 Å². The number of aryl methyl sites for hydroxylation is 1. The first-order valence-corrected chi connectivity index (χ1v) is 10.3. The van der Waals surface area contributed by atoms with Crippen LogP contribution in [0.3, 0.4) is 0 Å². The van der Waals surface area contributed by atoms with Crippen LogP contribution in [0.15, 0.2) is 49.1 Å². The van der Waals surface area contributed by atoms with Crippen LogP contribution >= 0.6 is 0 Å². The zero-order valence-electron chi connectivity index (χ0n) is 17.8. The molecule has 0 aliphatic carbocycles. The first kappa shape index (κ1) is 20.0. The Hall–Kier alpha value is -3.98. The quantitative estimate of drug-likeness (QED) is 0.486. The maximum Gasteiger partial charge on any atom is 0.180 e. The molecular formula is C23H23N7O2. The minimum absolute atomic E-state index is 0.265. The molecule has 1 atom stereocenters. The van der Waals surface area contributed by atoms with Crippen molar-refractivity contribution in [2.45, 2.75) is 19.6 Å². The zero-order chi connectivity index (χ0) is 22.1. The summed E-state index contributed by atoms with van der Waals surface area (Å²) in [5.74, 6) is 2.73. The number of aromatic nitrogens is 6. The molecule has 0 radical (unpaired) electrons. The van der Waals surface area contributed by atoms with Gasteiger partial charge in [-0.25, -0.2) is 19.6 Å². The molecule has 1 aliphatic rings. The molecule has 9 heteroatoms. The van der Waals surface area contributed by atoms with E-state index in [1.807, 2.05) is 64.9 Å². The van der Waals surface area contributed by atoms with Crippen LogP contribution in [0.4, 0.5) is 5.69 Å². The third-order valence-electron chi connectivity index (χ3n) is 5.23. The fourth-order valence-corrected chi connectivity index (χ4v) is 3.64. The van der Waals surface area contributed by atoms with Crippen LogP contribution in [0.25, 0.3) is 18.0 Å². The minimum Gasteiger partial charge on any atom is -0.493 e. The van der Waals surface area contributed by atoms with Crippen molar-refractivity contribution in [3.63, 3.8) is 0 Å². The van der Waals surface area contributed by atoms with Crippen molar-refractivity contribution in [1.82, 2.24) is 29.3 Å². The molecule has 0 fully saturated rings. The summed E-state index contributed by atoms with van der Waals surface area (Å²) in [5.41, 5.74) is 9.32. The predicted molar refractivity (Wildman–Crippen MR) is 120 cm³/mol. The van der Waals surface area contributed by atoms with Gasteiger partial charge in [0.05, 0.1) is 26.0 Å². The Morgan fingerprint density at radius 1 is 1.19 bits per heavy atom. The molecule has 0 bridgehead atoms. The Balaban J connectivity index is 1.40. The predicted octanol–water partition coefficient (Wildman–Crippen LogP) is 3.05. The lowest BCUT2D eigenvalue weighted by atomic mass is 10.1. The molecule has 0 unspecified atom stereocenters. The molecule has 4 aromatic rings. The molecule has 5 rings (SSSR count). The number of nitrogens with two attached hydrogens (primary N) is 1. The van der Waals surface area contributed by atoms with Crippen LogP contribution < -0.4 is 10.5 Å². The van der Waals surface area contributed by atoms with E-state index in [9.17, 15) is 0 Å². The van der Waals surface area contributed by atoms with Gasteiger partial charge in [0.1, 0.15) is 12.4 Å². The Bertz CT molecular complexity index is 1270. The number of nitrogen functional groups attached to an aromatic ring is 1. The lowest BCUT2D eigenvalue weighted by Gasteiger charge is -2.23. The number of ether oxygens (including phenoxy) is 2. The maximum absolute atomic E-state index is 5.97. The lowest BCUT2D eigenvalue weighted by molar-refractivity contribution is 0.0390. The van der Waals surface area contributed by atoms with Crippen LogP contribution in [0.2, 0.25) is 0 Å². The van der Waals surface area contributed by atoms with Crippen LogP contribution in [0.5, 0.6) is 5.75 Å². The van der Waals surface area contributed by atoms with Gasteiger partial charge in [-0.2, -0.15) is 5.10 Å². The first-order chi connectivity index (χ1) is 15.6. The van der Waals surface area contributed by atoms with E-state index in [0.717, 1.165) is 22.6 Å². The van der Waals surface area contributed by atoms with E-state index >= 15 is 0 Å². The normalized spacial score (nSPS) is 15.8. The summed E-state index contributed by atoms with van der Waals surface area (Å²) in [6, 6.07) is 9.57. The molecule has 1 aromatic carbocycles. The third-order valence-corrected chi connectivity index (χ3v) is 5.23. The fourth-order valence-electron chi connectivity index (χ4n) is 3.64. The number of fused-ring (bicyclic) bond motifs is 1. The van der Waals surface area contributed by atoms with E-state index in [-0.39, 0.29) is 6.10 Å². The highest BCUT2D eigenvalue weighted by atomic mass is 16.5. The molecule has 4 heterocycles. The van der Waals surface area contributed by atoms with Gasteiger partial charge in [0.2, 0.25) is 0 Å². The SMILES string of the molecule is COc1cc(/C=C/c2nc3n(n2)CCO[C@H]3c2ccc(N)cc2)cnc1-n1cnc(C)c1. The van der Waals surface area contributed by atoms with E-state index in [1.54, 1.807) is 19.6 Å². The van der Waals surface area contributed by atoms with E-state index in [2.05, 4.69) is 15.1 Å². The van der Waals surface area contributed by atoms with Gasteiger partial charge >= 0.3 is 0 Å². The average Bonchev–Trinajstić information content (AvgIpc) is 3.43. The maximum atomic E-state index is 5.97. The number of anilines is 1. The van der Waals surface area contributed by atoms with Crippen LogP contribution in [0, 0.1) is 6.92 Å². The van der Waals surface area contributed by atoms with Crippen molar-refractivity contribution < 1.29 is 9.47 Å². The zero-order valence-corrected chi connectivity index (χ0v) is 17.8. The summed E-state index contributed by atoms with van der Waals surface area (Å²) in [7, 11) is 1.63. The van der Waals surface area contributed by atoms with Gasteiger partial charge in [0.15, 0.2) is 23.2 Å². The van der Waals surface area contributed by atoms with Gasteiger partial charge in [0, 0.05) is 18.1 Å². The van der Waals surface area contributed by atoms with Crippen LogP contribution in [0.1, 0.15) is 34.6 Å². The van der Waals surface area contributed by atoms with E-state index in [1.165, 1.54) is 0 Å². The van der Waals surface area contributed by atoms with Crippen molar-refractivity contribution in [3.8, 4) is 11.6 Å². The summed E-state index contributed by atoms with van der Waals surface area (Å²) in [6.07, 6.45) is 8.91. The Morgan fingerprint density at radius 2 is 2.03 bits per heavy atom. The standard InChI is InChI=1S/C23H23N7O2/c1-15-13-29(14-26-15)22-19(31-2)11-16(12-25-22)3-8-20-27-23-21(32-10-9-30(23)28-20)17-4-6-18(24)7-5-17/h3-8,11-14,21H,9-10,24H2,1-2H3/b8-3+/t21-/m0/s1. The number of imidazole rings is 1. The Morgan fingerprint density at radius 3 is 2.78 bits per heavy atom. The lowest BCUT2D eigenvalue weighted by Crippen LogP contribution is -2.23. The summed E-state index contributed by atoms with van der Waals surface area (Å²) in [5, 5.41) is 4.62. The number of pyridine rings is 1. The highest BCUT2D eigenvalue weighted by Gasteiger charge is 2.26. The Kier molecular flexibility index (Phi) is 5.16. The summed E-state index contributed by atoms with van der Waals surface area (Å²) >= 11 is 0. The molecule has 2 N–H and O–H groups in total. The minimum atomic E-state index is -0.265. The molecule has 0 saturated heterocycles. The fraction of sp³-hybridized carbons (Fsp3) is 0.217. The van der Waals surface area contributed by atoms with Crippen molar-refractivity contribution in [2.24, 2.45) is 0 Å². The van der Waals surface area contributed by atoms with Crippen LogP contribution in [-0.4, -0.2) is 43.0 Å². The smallest absolute Gasteiger partial charge is 0.180 e. The molecule has 162 valence electrons. The number of benzene rings is 1. The van der Waals surface area contributed by atoms with Gasteiger partial charge in [-0.05, 0) is 48.4 Å². The van der Waals surface area contributed by atoms with E-state index in [0.29, 0.717) is 36.2 Å². The molecule has 0 spiro atoms. The van der Waals surface area contributed by atoms with Crippen LogP contribution in [-0.2, 0) is 11.3 Å². The second-order valence-electron chi connectivity index (χ2n) is 7.52. The number of hydrogen-bond donors (Lipinski definition) is 1. The molecular weight excluding hydrogens is 406 g/mol. The summed E-state index contributed by atoms with van der Waals surface area (Å²) < 4.78 is 15.2. The van der Waals surface area contributed by atoms with Crippen molar-refractivity contribution in [1.29, 1.82) is 0 Å². The second kappa shape index (κ2) is 8.27. The number of hydrogen-bond acceptors (Lipinski definition) is 7. The van der Waals surface area contributed by atoms with Crippen molar-refractivity contribution in [2.75, 3.05) is 19.5 Å². The summed E-state index contributed by atoms with van der Waals surface area (Å²) in [4.78, 5) is 13.5.